The molecule has 104 valence electrons. The van der Waals surface area contributed by atoms with Crippen LogP contribution in [0.2, 0.25) is 0 Å². The smallest absolute Gasteiger partial charge is 0.143 e. The van der Waals surface area contributed by atoms with E-state index in [1.807, 2.05) is 18.2 Å². The van der Waals surface area contributed by atoms with Crippen LogP contribution in [0, 0.1) is 6.92 Å². The second kappa shape index (κ2) is 4.08. The molecule has 0 saturated carbocycles. The lowest BCUT2D eigenvalue weighted by Gasteiger charge is -2.07. The monoisotopic (exact) mass is 283 g/mol. The van der Waals surface area contributed by atoms with E-state index in [9.17, 15) is 0 Å². The van der Waals surface area contributed by atoms with Gasteiger partial charge in [-0.1, -0.05) is 42.5 Å². The van der Waals surface area contributed by atoms with Crippen molar-refractivity contribution in [1.29, 1.82) is 0 Å². The highest BCUT2D eigenvalue weighted by atomic mass is 16.3. The molecule has 22 heavy (non-hydrogen) atoms. The second-order valence-corrected chi connectivity index (χ2v) is 5.68. The number of benzene rings is 3. The van der Waals surface area contributed by atoms with Crippen molar-refractivity contribution < 1.29 is 4.42 Å². The first-order valence-electron chi connectivity index (χ1n) is 7.42. The van der Waals surface area contributed by atoms with Crippen LogP contribution in [0.4, 0.5) is 0 Å². The summed E-state index contributed by atoms with van der Waals surface area (Å²) in [6.45, 7) is 2.06. The number of pyridine rings is 1. The number of furan rings is 1. The van der Waals surface area contributed by atoms with Gasteiger partial charge >= 0.3 is 0 Å². The predicted octanol–water partition coefficient (Wildman–Crippen LogP) is 5.60. The van der Waals surface area contributed by atoms with Gasteiger partial charge in [-0.25, -0.2) is 0 Å². The lowest BCUT2D eigenvalue weighted by Crippen LogP contribution is -1.88. The fourth-order valence-corrected chi connectivity index (χ4v) is 3.38. The van der Waals surface area contributed by atoms with E-state index in [0.29, 0.717) is 0 Å². The van der Waals surface area contributed by atoms with Crippen molar-refractivity contribution in [3.05, 3.63) is 66.4 Å². The number of hydrogen-bond donors (Lipinski definition) is 0. The fraction of sp³-hybridized carbons (Fsp3) is 0.0500. The summed E-state index contributed by atoms with van der Waals surface area (Å²) in [5, 5.41) is 5.80. The number of fused-ring (bicyclic) bond motifs is 7. The molecule has 0 saturated heterocycles. The van der Waals surface area contributed by atoms with Gasteiger partial charge in [-0.05, 0) is 25.1 Å². The number of aryl methyl sites for hydroxylation is 1. The standard InChI is InChI=1S/C20H13NO/c1-12-13-10-11-15-14-6-3-5-9-18(14)22-20(15)19(13)16-7-2-4-8-17(16)21-12/h2-11H,1H3. The molecule has 0 radical (unpaired) electrons. The third kappa shape index (κ3) is 1.41. The highest BCUT2D eigenvalue weighted by Crippen LogP contribution is 2.37. The Balaban J connectivity index is 2.16. The fourth-order valence-electron chi connectivity index (χ4n) is 3.38. The van der Waals surface area contributed by atoms with Crippen LogP contribution in [0.5, 0.6) is 0 Å². The summed E-state index contributed by atoms with van der Waals surface area (Å²) in [6, 6.07) is 20.8. The number of nitrogens with zero attached hydrogens (tertiary/aromatic N) is 1. The third-order valence-electron chi connectivity index (χ3n) is 4.40. The molecule has 2 nitrogen and oxygen atoms in total. The van der Waals surface area contributed by atoms with Gasteiger partial charge in [0.25, 0.3) is 0 Å². The van der Waals surface area contributed by atoms with Crippen molar-refractivity contribution in [2.24, 2.45) is 0 Å². The van der Waals surface area contributed by atoms with Crippen molar-refractivity contribution in [2.45, 2.75) is 6.92 Å². The molecule has 0 aliphatic carbocycles. The molecule has 0 N–H and O–H groups in total. The zero-order chi connectivity index (χ0) is 14.7. The minimum absolute atomic E-state index is 0.934. The molecule has 0 atom stereocenters. The first-order valence-corrected chi connectivity index (χ1v) is 7.42. The van der Waals surface area contributed by atoms with E-state index in [1.54, 1.807) is 0 Å². The van der Waals surface area contributed by atoms with Crippen LogP contribution in [0.3, 0.4) is 0 Å². The van der Waals surface area contributed by atoms with E-state index < -0.39 is 0 Å². The molecule has 5 rings (SSSR count). The maximum Gasteiger partial charge on any atom is 0.143 e. The summed E-state index contributed by atoms with van der Waals surface area (Å²) in [7, 11) is 0. The maximum absolute atomic E-state index is 6.20. The molecule has 2 aromatic heterocycles. The van der Waals surface area contributed by atoms with Crippen LogP contribution in [0.1, 0.15) is 5.69 Å². The van der Waals surface area contributed by atoms with Crippen LogP contribution in [0.25, 0.3) is 43.6 Å². The Morgan fingerprint density at radius 1 is 0.727 bits per heavy atom. The molecule has 0 aliphatic heterocycles. The number of aromatic nitrogens is 1. The highest BCUT2D eigenvalue weighted by molar-refractivity contribution is 6.22. The van der Waals surface area contributed by atoms with Crippen LogP contribution in [-0.2, 0) is 0 Å². The lowest BCUT2D eigenvalue weighted by atomic mass is 10.0. The van der Waals surface area contributed by atoms with Gasteiger partial charge in [-0.15, -0.1) is 0 Å². The topological polar surface area (TPSA) is 26.0 Å². The van der Waals surface area contributed by atoms with Crippen molar-refractivity contribution in [3.8, 4) is 0 Å². The summed E-state index contributed by atoms with van der Waals surface area (Å²) >= 11 is 0. The Morgan fingerprint density at radius 3 is 2.36 bits per heavy atom. The van der Waals surface area contributed by atoms with Crippen LogP contribution in [-0.4, -0.2) is 4.98 Å². The Bertz CT molecular complexity index is 1180. The molecule has 0 aliphatic rings. The van der Waals surface area contributed by atoms with Gasteiger partial charge in [-0.2, -0.15) is 0 Å². The van der Waals surface area contributed by atoms with Crippen LogP contribution < -0.4 is 0 Å². The average molecular weight is 283 g/mol. The van der Waals surface area contributed by atoms with Crippen molar-refractivity contribution in [2.75, 3.05) is 0 Å². The highest BCUT2D eigenvalue weighted by Gasteiger charge is 2.14. The molecule has 0 amide bonds. The summed E-state index contributed by atoms with van der Waals surface area (Å²) in [4.78, 5) is 4.72. The first kappa shape index (κ1) is 11.8. The normalized spacial score (nSPS) is 11.9. The minimum atomic E-state index is 0.934. The van der Waals surface area contributed by atoms with E-state index in [-0.39, 0.29) is 0 Å². The summed E-state index contributed by atoms with van der Waals surface area (Å²) < 4.78 is 6.20. The van der Waals surface area contributed by atoms with E-state index in [2.05, 4.69) is 49.4 Å². The van der Waals surface area contributed by atoms with E-state index in [0.717, 1.165) is 43.9 Å². The zero-order valence-corrected chi connectivity index (χ0v) is 12.1. The molecule has 0 bridgehead atoms. The van der Waals surface area contributed by atoms with Gasteiger partial charge in [0.05, 0.1) is 5.52 Å². The molecule has 0 fully saturated rings. The second-order valence-electron chi connectivity index (χ2n) is 5.68. The van der Waals surface area contributed by atoms with Gasteiger partial charge in [0.1, 0.15) is 11.2 Å². The minimum Gasteiger partial charge on any atom is -0.455 e. The van der Waals surface area contributed by atoms with Gasteiger partial charge in [0, 0.05) is 32.6 Å². The molecule has 2 heterocycles. The molecule has 0 unspecified atom stereocenters. The van der Waals surface area contributed by atoms with E-state index >= 15 is 0 Å². The number of para-hydroxylation sites is 2. The molecular formula is C20H13NO. The van der Waals surface area contributed by atoms with E-state index in [1.165, 1.54) is 5.39 Å². The van der Waals surface area contributed by atoms with Gasteiger partial charge in [0.2, 0.25) is 0 Å². The Kier molecular flexibility index (Phi) is 2.18. The van der Waals surface area contributed by atoms with Crippen molar-refractivity contribution >= 4 is 43.6 Å². The third-order valence-corrected chi connectivity index (χ3v) is 4.40. The van der Waals surface area contributed by atoms with Gasteiger partial charge < -0.3 is 4.42 Å². The molecule has 0 spiro atoms. The first-order chi connectivity index (χ1) is 10.8. The number of hydrogen-bond acceptors (Lipinski definition) is 2. The largest absolute Gasteiger partial charge is 0.455 e. The average Bonchev–Trinajstić information content (AvgIpc) is 2.93. The van der Waals surface area contributed by atoms with Crippen LogP contribution in [0.15, 0.2) is 65.1 Å². The van der Waals surface area contributed by atoms with Crippen LogP contribution >= 0.6 is 0 Å². The maximum atomic E-state index is 6.20. The zero-order valence-electron chi connectivity index (χ0n) is 12.1. The molecule has 2 heteroatoms. The Labute approximate surface area is 127 Å². The summed E-state index contributed by atoms with van der Waals surface area (Å²) in [6.07, 6.45) is 0. The SMILES string of the molecule is Cc1nc2ccccc2c2c1ccc1c3ccccc3oc12. The Morgan fingerprint density at radius 2 is 1.45 bits per heavy atom. The van der Waals surface area contributed by atoms with E-state index in [4.69, 9.17) is 9.40 Å². The van der Waals surface area contributed by atoms with Gasteiger partial charge in [-0.3, -0.25) is 4.98 Å². The lowest BCUT2D eigenvalue weighted by molar-refractivity contribution is 0.673. The molecule has 3 aromatic carbocycles. The van der Waals surface area contributed by atoms with Crippen molar-refractivity contribution in [1.82, 2.24) is 4.98 Å². The van der Waals surface area contributed by atoms with Gasteiger partial charge in [0.15, 0.2) is 0 Å². The quantitative estimate of drug-likeness (QED) is 0.346. The molecular weight excluding hydrogens is 270 g/mol. The summed E-state index contributed by atoms with van der Waals surface area (Å²) in [5.74, 6) is 0. The van der Waals surface area contributed by atoms with Crippen molar-refractivity contribution in [3.63, 3.8) is 0 Å². The summed E-state index contributed by atoms with van der Waals surface area (Å²) in [5.41, 5.74) is 3.94. The number of rotatable bonds is 0. The molecule has 5 aromatic rings. The Hall–Kier alpha value is -2.87. The predicted molar refractivity (Wildman–Crippen MR) is 91.3 cm³/mol.